The minimum atomic E-state index is -0.415. The molecule has 1 N–H and O–H groups in total. The van der Waals surface area contributed by atoms with Gasteiger partial charge in [0.05, 0.1) is 0 Å². The first kappa shape index (κ1) is 28.8. The summed E-state index contributed by atoms with van der Waals surface area (Å²) in [5, 5.41) is 12.7. The van der Waals surface area contributed by atoms with Crippen molar-refractivity contribution in [3.05, 3.63) is 180 Å². The van der Waals surface area contributed by atoms with Gasteiger partial charge >= 0.3 is 0 Å². The topological polar surface area (TPSA) is 63.0 Å². The molecule has 1 atom stereocenters. The van der Waals surface area contributed by atoms with E-state index < -0.39 is 6.17 Å². The lowest BCUT2D eigenvalue weighted by molar-refractivity contribution is 0.663. The average Bonchev–Trinajstić information content (AvgIpc) is 3.78. The highest BCUT2D eigenvalue weighted by molar-refractivity contribution is 6.16. The van der Waals surface area contributed by atoms with Crippen LogP contribution in [0.3, 0.4) is 0 Å². The van der Waals surface area contributed by atoms with Crippen LogP contribution >= 0.6 is 0 Å². The molecule has 0 saturated carbocycles. The smallest absolute Gasteiger partial charge is 0.159 e. The van der Waals surface area contributed by atoms with Gasteiger partial charge in [-0.3, -0.25) is 0 Å². The first-order valence-electron chi connectivity index (χ1n) is 17.5. The molecule has 1 aliphatic rings. The van der Waals surface area contributed by atoms with Crippen molar-refractivity contribution in [3.8, 4) is 11.1 Å². The van der Waals surface area contributed by atoms with Gasteiger partial charge in [-0.05, 0) is 63.5 Å². The molecule has 3 heterocycles. The van der Waals surface area contributed by atoms with Crippen molar-refractivity contribution in [1.82, 2.24) is 5.32 Å². The van der Waals surface area contributed by atoms with Crippen molar-refractivity contribution < 1.29 is 8.83 Å². The SMILES string of the molecule is c1ccc2cc(C3=NC(c4cccc5oc6c(-c7ccc8oc9ccccc9c8c7)cccc6c45)NC(c4ccc5ccccc5c4)=N3)ccc2c1. The maximum absolute atomic E-state index is 6.74. The molecule has 5 nitrogen and oxygen atoms in total. The van der Waals surface area contributed by atoms with Gasteiger partial charge in [0.1, 0.15) is 34.3 Å². The van der Waals surface area contributed by atoms with Crippen LogP contribution in [-0.2, 0) is 0 Å². The summed E-state index contributed by atoms with van der Waals surface area (Å²) in [4.78, 5) is 10.5. The third-order valence-corrected chi connectivity index (χ3v) is 10.3. The number of nitrogens with one attached hydrogen (secondary N) is 1. The van der Waals surface area contributed by atoms with Crippen molar-refractivity contribution in [1.29, 1.82) is 0 Å². The van der Waals surface area contributed by atoms with E-state index in [4.69, 9.17) is 18.8 Å². The molecule has 11 rings (SSSR count). The predicted octanol–water partition coefficient (Wildman–Crippen LogP) is 12.0. The Morgan fingerprint density at radius 1 is 0.462 bits per heavy atom. The van der Waals surface area contributed by atoms with Crippen LogP contribution in [0.2, 0.25) is 0 Å². The number of hydrogen-bond donors (Lipinski definition) is 1. The van der Waals surface area contributed by atoms with Crippen LogP contribution in [0.4, 0.5) is 0 Å². The van der Waals surface area contributed by atoms with Crippen LogP contribution < -0.4 is 5.32 Å². The number of aliphatic imine (C=N–C) groups is 2. The zero-order chi connectivity index (χ0) is 34.2. The summed E-state index contributed by atoms with van der Waals surface area (Å²) in [6.45, 7) is 0. The number of amidine groups is 2. The van der Waals surface area contributed by atoms with E-state index in [2.05, 4.69) is 151 Å². The van der Waals surface area contributed by atoms with Crippen LogP contribution in [-0.4, -0.2) is 11.7 Å². The average molecular weight is 668 g/mol. The second-order valence-corrected chi connectivity index (χ2v) is 13.4. The van der Waals surface area contributed by atoms with E-state index in [1.807, 2.05) is 18.2 Å². The summed E-state index contributed by atoms with van der Waals surface area (Å²) < 4.78 is 12.9. The largest absolute Gasteiger partial charge is 0.456 e. The number of fused-ring (bicyclic) bond motifs is 8. The minimum Gasteiger partial charge on any atom is -0.456 e. The van der Waals surface area contributed by atoms with Gasteiger partial charge in [0.25, 0.3) is 0 Å². The Morgan fingerprint density at radius 2 is 1.12 bits per heavy atom. The lowest BCUT2D eigenvalue weighted by atomic mass is 9.98. The first-order valence-corrected chi connectivity index (χ1v) is 17.5. The summed E-state index contributed by atoms with van der Waals surface area (Å²) in [6, 6.07) is 56.9. The fourth-order valence-corrected chi connectivity index (χ4v) is 7.77. The van der Waals surface area contributed by atoms with Crippen molar-refractivity contribution in [2.75, 3.05) is 0 Å². The second kappa shape index (κ2) is 11.3. The fraction of sp³-hybridized carbons (Fsp3) is 0.0213. The highest BCUT2D eigenvalue weighted by atomic mass is 16.3. The van der Waals surface area contributed by atoms with E-state index in [-0.39, 0.29) is 0 Å². The van der Waals surface area contributed by atoms with Crippen LogP contribution in [0, 0.1) is 0 Å². The maximum atomic E-state index is 6.74. The zero-order valence-electron chi connectivity index (χ0n) is 27.9. The molecule has 8 aromatic carbocycles. The van der Waals surface area contributed by atoms with Gasteiger partial charge < -0.3 is 14.2 Å². The number of nitrogens with zero attached hydrogens (tertiary/aromatic N) is 2. The molecular formula is C47H29N3O2. The minimum absolute atomic E-state index is 0.415. The highest BCUT2D eigenvalue weighted by Crippen LogP contribution is 2.41. The van der Waals surface area contributed by atoms with Gasteiger partial charge in [-0.1, -0.05) is 127 Å². The van der Waals surface area contributed by atoms with Crippen LogP contribution in [0.15, 0.2) is 183 Å². The van der Waals surface area contributed by atoms with Gasteiger partial charge in [0.2, 0.25) is 0 Å². The molecule has 5 heteroatoms. The Labute approximate surface area is 298 Å². The van der Waals surface area contributed by atoms with Gasteiger partial charge in [-0.2, -0.15) is 0 Å². The summed E-state index contributed by atoms with van der Waals surface area (Å²) in [5.74, 6) is 1.46. The lowest BCUT2D eigenvalue weighted by Gasteiger charge is -2.24. The number of hydrogen-bond acceptors (Lipinski definition) is 5. The number of benzene rings is 8. The van der Waals surface area contributed by atoms with Crippen molar-refractivity contribution in [2.45, 2.75) is 6.17 Å². The van der Waals surface area contributed by atoms with E-state index >= 15 is 0 Å². The summed E-state index contributed by atoms with van der Waals surface area (Å²) in [7, 11) is 0. The Hall–Kier alpha value is -6.98. The zero-order valence-corrected chi connectivity index (χ0v) is 27.9. The maximum Gasteiger partial charge on any atom is 0.159 e. The quantitative estimate of drug-likeness (QED) is 0.203. The molecule has 244 valence electrons. The highest BCUT2D eigenvalue weighted by Gasteiger charge is 2.25. The first-order chi connectivity index (χ1) is 25.7. The molecule has 0 bridgehead atoms. The molecule has 52 heavy (non-hydrogen) atoms. The second-order valence-electron chi connectivity index (χ2n) is 13.4. The van der Waals surface area contributed by atoms with Crippen LogP contribution in [0.25, 0.3) is 76.5 Å². The number of furan rings is 2. The molecule has 0 fully saturated rings. The molecule has 10 aromatic rings. The van der Waals surface area contributed by atoms with Crippen molar-refractivity contribution >= 4 is 77.1 Å². The summed E-state index contributed by atoms with van der Waals surface area (Å²) in [6.07, 6.45) is -0.415. The number of rotatable bonds is 4. The third kappa shape index (κ3) is 4.56. The van der Waals surface area contributed by atoms with Gasteiger partial charge in [0.15, 0.2) is 5.84 Å². The van der Waals surface area contributed by atoms with E-state index in [0.717, 1.165) is 88.3 Å². The normalized spacial score (nSPS) is 14.7. The molecule has 0 amide bonds. The molecular weight excluding hydrogens is 639 g/mol. The number of para-hydroxylation sites is 2. The van der Waals surface area contributed by atoms with Gasteiger partial charge in [-0.25, -0.2) is 9.98 Å². The lowest BCUT2D eigenvalue weighted by Crippen LogP contribution is -2.33. The van der Waals surface area contributed by atoms with E-state index in [1.54, 1.807) is 0 Å². The molecule has 0 spiro atoms. The van der Waals surface area contributed by atoms with Crippen molar-refractivity contribution in [3.63, 3.8) is 0 Å². The molecule has 2 aromatic heterocycles. The van der Waals surface area contributed by atoms with Gasteiger partial charge in [-0.15, -0.1) is 0 Å². The Balaban J connectivity index is 1.08. The van der Waals surface area contributed by atoms with Crippen LogP contribution in [0.5, 0.6) is 0 Å². The van der Waals surface area contributed by atoms with E-state index in [9.17, 15) is 0 Å². The summed E-state index contributed by atoms with van der Waals surface area (Å²) in [5.41, 5.74) is 8.51. The third-order valence-electron chi connectivity index (χ3n) is 10.3. The Kier molecular flexibility index (Phi) is 6.25. The molecule has 0 saturated heterocycles. The predicted molar refractivity (Wildman–Crippen MR) is 213 cm³/mol. The monoisotopic (exact) mass is 667 g/mol. The molecule has 1 unspecified atom stereocenters. The Morgan fingerprint density at radius 3 is 1.96 bits per heavy atom. The molecule has 0 radical (unpaired) electrons. The van der Waals surface area contributed by atoms with Crippen molar-refractivity contribution in [2.24, 2.45) is 9.98 Å². The van der Waals surface area contributed by atoms with Gasteiger partial charge in [0, 0.05) is 43.8 Å². The van der Waals surface area contributed by atoms with E-state index in [1.165, 1.54) is 10.8 Å². The molecule has 1 aliphatic heterocycles. The Bertz CT molecular complexity index is 3130. The van der Waals surface area contributed by atoms with E-state index in [0.29, 0.717) is 5.84 Å². The standard InChI is InChI=1S/C47H29N3O2/c1-3-11-30-25-33(21-19-28(30)9-1)45-48-46(34-22-20-29-10-2-4-12-31(29)26-34)50-47(49-45)38-16-8-18-42-43(38)37-15-7-14-35(44(37)52-42)32-23-24-41-39(27-32)36-13-5-6-17-40(36)51-41/h1-27,47H,(H,48,49,50). The molecule has 0 aliphatic carbocycles. The summed E-state index contributed by atoms with van der Waals surface area (Å²) >= 11 is 0. The van der Waals surface area contributed by atoms with Crippen LogP contribution in [0.1, 0.15) is 22.9 Å². The fourth-order valence-electron chi connectivity index (χ4n) is 7.77.